The molecule has 9 nitrogen and oxygen atoms in total. The van der Waals surface area contributed by atoms with Crippen LogP contribution in [0.5, 0.6) is 34.5 Å². The molecule has 0 aliphatic carbocycles. The van der Waals surface area contributed by atoms with Crippen LogP contribution >= 0.6 is 0 Å². The Balaban J connectivity index is 1.75. The van der Waals surface area contributed by atoms with Crippen LogP contribution in [-0.2, 0) is 9.53 Å². The van der Waals surface area contributed by atoms with Crippen LogP contribution in [0.3, 0.4) is 0 Å². The molecule has 3 atom stereocenters. The molecule has 9 heteroatoms. The molecule has 0 bridgehead atoms. The first-order valence-corrected chi connectivity index (χ1v) is 9.30. The Bertz CT molecular complexity index is 1010. The molecule has 5 rings (SSSR count). The maximum absolute atomic E-state index is 12.7. The molecule has 2 aromatic carbocycles. The van der Waals surface area contributed by atoms with Crippen molar-refractivity contribution in [2.24, 2.45) is 5.92 Å². The first-order chi connectivity index (χ1) is 14.5. The van der Waals surface area contributed by atoms with Crippen molar-refractivity contribution in [3.8, 4) is 34.5 Å². The van der Waals surface area contributed by atoms with Gasteiger partial charge in [-0.05, 0) is 23.8 Å². The van der Waals surface area contributed by atoms with E-state index >= 15 is 0 Å². The number of benzene rings is 2. The Hall–Kier alpha value is -3.33. The van der Waals surface area contributed by atoms with Gasteiger partial charge in [-0.3, -0.25) is 4.79 Å². The zero-order valence-corrected chi connectivity index (χ0v) is 16.6. The summed E-state index contributed by atoms with van der Waals surface area (Å²) in [7, 11) is 4.53. The minimum atomic E-state index is -1.82. The molecular formula is C21H20O9. The van der Waals surface area contributed by atoms with Crippen molar-refractivity contribution in [3.63, 3.8) is 0 Å². The quantitative estimate of drug-likeness (QED) is 0.748. The summed E-state index contributed by atoms with van der Waals surface area (Å²) in [6, 6.07) is 6.91. The monoisotopic (exact) mass is 416 g/mol. The van der Waals surface area contributed by atoms with Crippen LogP contribution in [0, 0.1) is 5.92 Å². The fourth-order valence-electron chi connectivity index (χ4n) is 4.32. The minimum absolute atomic E-state index is 0.0861. The third kappa shape index (κ3) is 2.55. The van der Waals surface area contributed by atoms with Crippen molar-refractivity contribution < 1.29 is 43.1 Å². The smallest absolute Gasteiger partial charge is 0.317 e. The van der Waals surface area contributed by atoms with Crippen molar-refractivity contribution in [2.45, 2.75) is 11.7 Å². The summed E-state index contributed by atoms with van der Waals surface area (Å²) in [5.41, 5.74) is 1.32. The summed E-state index contributed by atoms with van der Waals surface area (Å²) in [5, 5.41) is 11.1. The van der Waals surface area contributed by atoms with Gasteiger partial charge in [0.15, 0.2) is 29.6 Å². The van der Waals surface area contributed by atoms with Gasteiger partial charge in [0.05, 0.1) is 21.3 Å². The van der Waals surface area contributed by atoms with E-state index in [1.165, 1.54) is 21.3 Å². The molecule has 2 aromatic rings. The summed E-state index contributed by atoms with van der Waals surface area (Å²) in [6.45, 7) is -0.186. The Morgan fingerprint density at radius 1 is 0.933 bits per heavy atom. The average molecular weight is 416 g/mol. The molecule has 0 saturated carbocycles. The van der Waals surface area contributed by atoms with E-state index in [0.717, 1.165) is 0 Å². The highest BCUT2D eigenvalue weighted by Crippen LogP contribution is 2.55. The van der Waals surface area contributed by atoms with Gasteiger partial charge >= 0.3 is 5.97 Å². The van der Waals surface area contributed by atoms with E-state index in [-0.39, 0.29) is 13.4 Å². The number of ether oxygens (including phenoxy) is 7. The van der Waals surface area contributed by atoms with Crippen LogP contribution in [0.2, 0.25) is 0 Å². The van der Waals surface area contributed by atoms with Crippen molar-refractivity contribution in [3.05, 3.63) is 35.4 Å². The molecule has 0 aromatic heterocycles. The number of carbonyl (C=O) groups is 1. The number of cyclic esters (lactones) is 1. The standard InChI is InChI=1S/C21H20O9/c1-24-15-4-10(5-16(25-2)19(15)26-3)17-11-6-13-14(29-9-28-13)7-12(11)30-21(23)8-27-20(22)18(17)21/h4-7,17-18,23H,8-9H2,1-3H3/t17-,18-,21-/m0/s1. The van der Waals surface area contributed by atoms with Crippen molar-refractivity contribution in [1.82, 2.24) is 0 Å². The summed E-state index contributed by atoms with van der Waals surface area (Å²) >= 11 is 0. The topological polar surface area (TPSA) is 102 Å². The number of esters is 1. The van der Waals surface area contributed by atoms with Gasteiger partial charge in [-0.25, -0.2) is 0 Å². The number of rotatable bonds is 4. The largest absolute Gasteiger partial charge is 0.493 e. The molecule has 1 saturated heterocycles. The maximum atomic E-state index is 12.7. The number of fused-ring (bicyclic) bond motifs is 3. The highest BCUT2D eigenvalue weighted by atomic mass is 16.7. The third-order valence-electron chi connectivity index (χ3n) is 5.67. The van der Waals surface area contributed by atoms with Gasteiger partial charge in [-0.2, -0.15) is 0 Å². The molecule has 0 unspecified atom stereocenters. The molecule has 0 spiro atoms. The molecule has 0 radical (unpaired) electrons. The second kappa shape index (κ2) is 6.60. The fraction of sp³-hybridized carbons (Fsp3) is 0.381. The first-order valence-electron chi connectivity index (χ1n) is 9.30. The van der Waals surface area contributed by atoms with E-state index in [4.69, 9.17) is 33.2 Å². The lowest BCUT2D eigenvalue weighted by molar-refractivity contribution is -0.173. The van der Waals surface area contributed by atoms with Crippen LogP contribution in [0.15, 0.2) is 24.3 Å². The second-order valence-corrected chi connectivity index (χ2v) is 7.21. The third-order valence-corrected chi connectivity index (χ3v) is 5.67. The SMILES string of the molecule is COc1cc([C@H]2c3cc4c(cc3O[C@@]3(O)COC(=O)[C@H]23)OCO4)cc(OC)c1OC. The predicted octanol–water partition coefficient (Wildman–Crippen LogP) is 1.83. The van der Waals surface area contributed by atoms with E-state index < -0.39 is 23.6 Å². The van der Waals surface area contributed by atoms with Gasteiger partial charge in [0.25, 0.3) is 5.79 Å². The predicted molar refractivity (Wildman–Crippen MR) is 101 cm³/mol. The van der Waals surface area contributed by atoms with Crippen LogP contribution in [0.1, 0.15) is 17.0 Å². The number of hydrogen-bond acceptors (Lipinski definition) is 9. The summed E-state index contributed by atoms with van der Waals surface area (Å²) in [5.74, 6) is -1.28. The molecule has 30 heavy (non-hydrogen) atoms. The van der Waals surface area contributed by atoms with Crippen LogP contribution in [0.4, 0.5) is 0 Å². The zero-order chi connectivity index (χ0) is 21.0. The Kier molecular flexibility index (Phi) is 4.11. The lowest BCUT2D eigenvalue weighted by atomic mass is 9.75. The Labute approximate surface area is 172 Å². The fourth-order valence-corrected chi connectivity index (χ4v) is 4.32. The summed E-state index contributed by atoms with van der Waals surface area (Å²) < 4.78 is 38.3. The Morgan fingerprint density at radius 2 is 1.60 bits per heavy atom. The first kappa shape index (κ1) is 18.7. The number of methoxy groups -OCH3 is 3. The van der Waals surface area contributed by atoms with Crippen molar-refractivity contribution >= 4 is 5.97 Å². The van der Waals surface area contributed by atoms with Gasteiger partial charge in [0, 0.05) is 17.5 Å². The van der Waals surface area contributed by atoms with E-state index in [2.05, 4.69) is 0 Å². The molecule has 1 fully saturated rings. The van der Waals surface area contributed by atoms with Gasteiger partial charge in [0.2, 0.25) is 12.5 Å². The highest BCUT2D eigenvalue weighted by Gasteiger charge is 2.59. The van der Waals surface area contributed by atoms with Crippen LogP contribution in [0.25, 0.3) is 0 Å². The maximum Gasteiger partial charge on any atom is 0.317 e. The van der Waals surface area contributed by atoms with Gasteiger partial charge in [-0.15, -0.1) is 0 Å². The van der Waals surface area contributed by atoms with E-state index in [0.29, 0.717) is 45.6 Å². The average Bonchev–Trinajstić information content (AvgIpc) is 3.32. The molecule has 3 aliphatic rings. The van der Waals surface area contributed by atoms with Gasteiger partial charge < -0.3 is 38.3 Å². The molecule has 1 N–H and O–H groups in total. The number of hydrogen-bond donors (Lipinski definition) is 1. The number of aliphatic hydroxyl groups is 1. The van der Waals surface area contributed by atoms with Gasteiger partial charge in [0.1, 0.15) is 11.7 Å². The molecule has 3 aliphatic heterocycles. The summed E-state index contributed by atoms with van der Waals surface area (Å²) in [6.07, 6.45) is 0. The summed E-state index contributed by atoms with van der Waals surface area (Å²) in [4.78, 5) is 12.7. The Morgan fingerprint density at radius 3 is 2.23 bits per heavy atom. The van der Waals surface area contributed by atoms with Crippen LogP contribution in [-0.4, -0.2) is 51.6 Å². The number of carbonyl (C=O) groups excluding carboxylic acids is 1. The van der Waals surface area contributed by atoms with Crippen molar-refractivity contribution in [2.75, 3.05) is 34.7 Å². The molecular weight excluding hydrogens is 396 g/mol. The molecule has 158 valence electrons. The van der Waals surface area contributed by atoms with Crippen molar-refractivity contribution in [1.29, 1.82) is 0 Å². The van der Waals surface area contributed by atoms with Gasteiger partial charge in [-0.1, -0.05) is 0 Å². The second-order valence-electron chi connectivity index (χ2n) is 7.21. The van der Waals surface area contributed by atoms with E-state index in [1.54, 1.807) is 24.3 Å². The van der Waals surface area contributed by atoms with Crippen LogP contribution < -0.4 is 28.4 Å². The van der Waals surface area contributed by atoms with E-state index in [1.807, 2.05) is 0 Å². The highest BCUT2D eigenvalue weighted by molar-refractivity contribution is 5.80. The minimum Gasteiger partial charge on any atom is -0.493 e. The molecule has 0 amide bonds. The van der Waals surface area contributed by atoms with E-state index in [9.17, 15) is 9.90 Å². The molecule has 3 heterocycles. The normalized spacial score (nSPS) is 25.7. The lowest BCUT2D eigenvalue weighted by Gasteiger charge is -2.38. The lowest BCUT2D eigenvalue weighted by Crippen LogP contribution is -2.50. The zero-order valence-electron chi connectivity index (χ0n) is 16.6.